The zero-order chi connectivity index (χ0) is 10.1. The average Bonchev–Trinajstić information content (AvgIpc) is 2.27. The molecule has 72 valence electrons. The molecule has 0 aromatic carbocycles. The van der Waals surface area contributed by atoms with E-state index in [0.29, 0.717) is 0 Å². The highest BCUT2D eigenvalue weighted by Crippen LogP contribution is 2.33. The van der Waals surface area contributed by atoms with E-state index < -0.39 is 30.6 Å². The van der Waals surface area contributed by atoms with E-state index in [0.717, 1.165) is 0 Å². The van der Waals surface area contributed by atoms with E-state index >= 15 is 0 Å². The molecular formula is C8H7F3O2. The molecule has 0 radical (unpaired) electrons. The number of carbonyl (C=O) groups is 1. The van der Waals surface area contributed by atoms with Crippen LogP contribution < -0.4 is 0 Å². The lowest BCUT2D eigenvalue weighted by Gasteiger charge is -2.13. The van der Waals surface area contributed by atoms with Gasteiger partial charge >= 0.3 is 12.1 Å². The Morgan fingerprint density at radius 1 is 1.62 bits per heavy atom. The summed E-state index contributed by atoms with van der Waals surface area (Å²) in [5.41, 5.74) is 0. The number of alkyl halides is 3. The first kappa shape index (κ1) is 9.90. The SMILES string of the molecule is C#C[C@H]1OC(=O)CC1CC(F)(F)F. The summed E-state index contributed by atoms with van der Waals surface area (Å²) < 4.78 is 40.2. The van der Waals surface area contributed by atoms with E-state index in [2.05, 4.69) is 4.74 Å². The van der Waals surface area contributed by atoms with E-state index in [1.807, 2.05) is 5.92 Å². The molecule has 13 heavy (non-hydrogen) atoms. The van der Waals surface area contributed by atoms with Crippen LogP contribution in [0.4, 0.5) is 13.2 Å². The van der Waals surface area contributed by atoms with Crippen LogP contribution in [0.2, 0.25) is 0 Å². The fourth-order valence-corrected chi connectivity index (χ4v) is 1.25. The van der Waals surface area contributed by atoms with E-state index in [9.17, 15) is 18.0 Å². The number of hydrogen-bond acceptors (Lipinski definition) is 2. The van der Waals surface area contributed by atoms with Crippen molar-refractivity contribution >= 4 is 5.97 Å². The van der Waals surface area contributed by atoms with Crippen molar-refractivity contribution in [2.45, 2.75) is 25.1 Å². The fraction of sp³-hybridized carbons (Fsp3) is 0.625. The molecule has 0 N–H and O–H groups in total. The Hall–Kier alpha value is -1.18. The van der Waals surface area contributed by atoms with Crippen LogP contribution in [0.1, 0.15) is 12.8 Å². The summed E-state index contributed by atoms with van der Waals surface area (Å²) in [6.07, 6.45) is -1.71. The van der Waals surface area contributed by atoms with Crippen LogP contribution in [0, 0.1) is 18.3 Å². The second-order valence-corrected chi connectivity index (χ2v) is 2.86. The van der Waals surface area contributed by atoms with E-state index in [-0.39, 0.29) is 6.42 Å². The van der Waals surface area contributed by atoms with Crippen LogP contribution in [0.5, 0.6) is 0 Å². The Bertz CT molecular complexity index is 251. The molecule has 0 saturated carbocycles. The lowest BCUT2D eigenvalue weighted by molar-refractivity contribution is -0.147. The van der Waals surface area contributed by atoms with E-state index in [1.54, 1.807) is 0 Å². The first-order valence-electron chi connectivity index (χ1n) is 3.65. The van der Waals surface area contributed by atoms with Gasteiger partial charge in [-0.2, -0.15) is 13.2 Å². The third kappa shape index (κ3) is 2.65. The van der Waals surface area contributed by atoms with Gasteiger partial charge < -0.3 is 4.74 Å². The Morgan fingerprint density at radius 2 is 2.23 bits per heavy atom. The molecule has 2 atom stereocenters. The van der Waals surface area contributed by atoms with Gasteiger partial charge in [0.1, 0.15) is 0 Å². The summed E-state index contributed by atoms with van der Waals surface area (Å²) in [6.45, 7) is 0. The highest BCUT2D eigenvalue weighted by atomic mass is 19.4. The minimum Gasteiger partial charge on any atom is -0.449 e. The van der Waals surface area contributed by atoms with Crippen molar-refractivity contribution < 1.29 is 22.7 Å². The molecule has 1 aliphatic rings. The lowest BCUT2D eigenvalue weighted by atomic mass is 9.98. The molecule has 0 bridgehead atoms. The minimum atomic E-state index is -4.30. The number of rotatable bonds is 1. The number of ether oxygens (including phenoxy) is 1. The van der Waals surface area contributed by atoms with Gasteiger partial charge in [0.25, 0.3) is 0 Å². The summed E-state index contributed by atoms with van der Waals surface area (Å²) >= 11 is 0. The number of terminal acetylenes is 1. The molecule has 0 aromatic heterocycles. The molecule has 1 aliphatic heterocycles. The van der Waals surface area contributed by atoms with E-state index in [4.69, 9.17) is 6.42 Å². The summed E-state index contributed by atoms with van der Waals surface area (Å²) in [7, 11) is 0. The van der Waals surface area contributed by atoms with E-state index in [1.165, 1.54) is 0 Å². The van der Waals surface area contributed by atoms with Gasteiger partial charge in [0, 0.05) is 5.92 Å². The van der Waals surface area contributed by atoms with Gasteiger partial charge in [0.15, 0.2) is 6.10 Å². The maximum atomic E-state index is 11.9. The van der Waals surface area contributed by atoms with Crippen molar-refractivity contribution in [1.82, 2.24) is 0 Å². The van der Waals surface area contributed by atoms with Crippen molar-refractivity contribution in [2.75, 3.05) is 0 Å². The Morgan fingerprint density at radius 3 is 2.69 bits per heavy atom. The summed E-state index contributed by atoms with van der Waals surface area (Å²) in [6, 6.07) is 0. The number of cyclic esters (lactones) is 1. The maximum absolute atomic E-state index is 11.9. The summed E-state index contributed by atoms with van der Waals surface area (Å²) in [5, 5.41) is 0. The number of esters is 1. The standard InChI is InChI=1S/C8H7F3O2/c1-2-6-5(3-7(12)13-6)4-8(9,10)11/h1,5-6H,3-4H2/t5?,6-/m1/s1. The Balaban J connectivity index is 2.60. The normalized spacial score (nSPS) is 28.3. The van der Waals surface area contributed by atoms with Gasteiger partial charge in [-0.15, -0.1) is 6.42 Å². The van der Waals surface area contributed by atoms with Gasteiger partial charge in [0.2, 0.25) is 0 Å². The molecule has 0 spiro atoms. The lowest BCUT2D eigenvalue weighted by Crippen LogP contribution is -2.21. The molecule has 0 aliphatic carbocycles. The number of carbonyl (C=O) groups excluding carboxylic acids is 1. The van der Waals surface area contributed by atoms with Crippen molar-refractivity contribution in [3.8, 4) is 12.3 Å². The smallest absolute Gasteiger partial charge is 0.389 e. The van der Waals surface area contributed by atoms with Crippen LogP contribution in [0.3, 0.4) is 0 Å². The minimum absolute atomic E-state index is 0.242. The summed E-state index contributed by atoms with van der Waals surface area (Å²) in [4.78, 5) is 10.6. The van der Waals surface area contributed by atoms with Crippen LogP contribution in [-0.4, -0.2) is 18.2 Å². The zero-order valence-electron chi connectivity index (χ0n) is 6.60. The maximum Gasteiger partial charge on any atom is 0.389 e. The molecule has 1 rings (SSSR count). The second kappa shape index (κ2) is 3.29. The van der Waals surface area contributed by atoms with Gasteiger partial charge in [-0.25, -0.2) is 0 Å². The zero-order valence-corrected chi connectivity index (χ0v) is 6.60. The largest absolute Gasteiger partial charge is 0.449 e. The summed E-state index contributed by atoms with van der Waals surface area (Å²) in [5.74, 6) is 0.450. The predicted molar refractivity (Wildman–Crippen MR) is 37.5 cm³/mol. The molecule has 0 amide bonds. The van der Waals surface area contributed by atoms with Gasteiger partial charge in [0.05, 0.1) is 12.8 Å². The molecular weight excluding hydrogens is 185 g/mol. The highest BCUT2D eigenvalue weighted by Gasteiger charge is 2.41. The van der Waals surface area contributed by atoms with Crippen LogP contribution in [-0.2, 0) is 9.53 Å². The number of halogens is 3. The van der Waals surface area contributed by atoms with Crippen LogP contribution in [0.15, 0.2) is 0 Å². The molecule has 1 saturated heterocycles. The fourth-order valence-electron chi connectivity index (χ4n) is 1.25. The molecule has 5 heteroatoms. The molecule has 1 fully saturated rings. The van der Waals surface area contributed by atoms with Crippen molar-refractivity contribution in [2.24, 2.45) is 5.92 Å². The second-order valence-electron chi connectivity index (χ2n) is 2.86. The topological polar surface area (TPSA) is 26.3 Å². The van der Waals surface area contributed by atoms with Gasteiger partial charge in [-0.3, -0.25) is 4.79 Å². The first-order chi connectivity index (χ1) is 5.92. The van der Waals surface area contributed by atoms with Crippen molar-refractivity contribution in [1.29, 1.82) is 0 Å². The van der Waals surface area contributed by atoms with Crippen LogP contribution in [0.25, 0.3) is 0 Å². The molecule has 1 unspecified atom stereocenters. The molecule has 0 aromatic rings. The first-order valence-corrected chi connectivity index (χ1v) is 3.65. The van der Waals surface area contributed by atoms with Crippen LogP contribution >= 0.6 is 0 Å². The van der Waals surface area contributed by atoms with Crippen molar-refractivity contribution in [3.05, 3.63) is 0 Å². The highest BCUT2D eigenvalue weighted by molar-refractivity contribution is 5.72. The predicted octanol–water partition coefficient (Wildman–Crippen LogP) is 1.50. The number of hydrogen-bond donors (Lipinski definition) is 0. The molecule has 1 heterocycles. The van der Waals surface area contributed by atoms with Gasteiger partial charge in [-0.05, 0) is 0 Å². The third-order valence-electron chi connectivity index (χ3n) is 1.77. The van der Waals surface area contributed by atoms with Gasteiger partial charge in [-0.1, -0.05) is 5.92 Å². The Kier molecular flexibility index (Phi) is 2.50. The third-order valence-corrected chi connectivity index (χ3v) is 1.77. The molecule has 2 nitrogen and oxygen atoms in total. The quantitative estimate of drug-likeness (QED) is 0.465. The van der Waals surface area contributed by atoms with Crippen molar-refractivity contribution in [3.63, 3.8) is 0 Å². The Labute approximate surface area is 73.1 Å². The monoisotopic (exact) mass is 192 g/mol. The average molecular weight is 192 g/mol.